The molecular formula is C16H15ClN2O2S. The molecule has 2 rings (SSSR count). The van der Waals surface area contributed by atoms with Crippen molar-refractivity contribution in [2.45, 2.75) is 17.1 Å². The minimum atomic E-state index is -0.500. The van der Waals surface area contributed by atoms with Crippen molar-refractivity contribution in [1.82, 2.24) is 0 Å². The molecule has 0 saturated heterocycles. The van der Waals surface area contributed by atoms with Gasteiger partial charge in [0.15, 0.2) is 0 Å². The van der Waals surface area contributed by atoms with Gasteiger partial charge in [-0.15, -0.1) is 11.8 Å². The SMILES string of the molecule is C[C@@H](Sc1ccccc1Cl)C(=O)Nc1ccc(C(N)=O)cc1. The molecule has 4 nitrogen and oxygen atoms in total. The number of nitrogens with one attached hydrogen (secondary N) is 1. The minimum absolute atomic E-state index is 0.142. The van der Waals surface area contributed by atoms with Crippen LogP contribution in [-0.2, 0) is 4.79 Å². The third-order valence-corrected chi connectivity index (χ3v) is 4.57. The molecule has 2 amide bonds. The largest absolute Gasteiger partial charge is 0.366 e. The van der Waals surface area contributed by atoms with E-state index in [-0.39, 0.29) is 11.2 Å². The van der Waals surface area contributed by atoms with Gasteiger partial charge in [-0.3, -0.25) is 9.59 Å². The number of amides is 2. The molecule has 0 aliphatic rings. The highest BCUT2D eigenvalue weighted by Crippen LogP contribution is 2.30. The number of hydrogen-bond donors (Lipinski definition) is 2. The van der Waals surface area contributed by atoms with E-state index in [1.54, 1.807) is 37.3 Å². The number of carbonyl (C=O) groups is 2. The van der Waals surface area contributed by atoms with Gasteiger partial charge in [0.1, 0.15) is 0 Å². The van der Waals surface area contributed by atoms with Crippen LogP contribution in [0.25, 0.3) is 0 Å². The topological polar surface area (TPSA) is 72.2 Å². The van der Waals surface area contributed by atoms with Crippen LogP contribution in [0.5, 0.6) is 0 Å². The Bertz CT molecular complexity index is 689. The summed E-state index contributed by atoms with van der Waals surface area (Å²) in [6.45, 7) is 1.81. The Morgan fingerprint density at radius 1 is 1.14 bits per heavy atom. The van der Waals surface area contributed by atoms with Gasteiger partial charge in [0.2, 0.25) is 11.8 Å². The summed E-state index contributed by atoms with van der Waals surface area (Å²) in [7, 11) is 0. The van der Waals surface area contributed by atoms with E-state index in [0.29, 0.717) is 16.3 Å². The summed E-state index contributed by atoms with van der Waals surface area (Å²) in [5.74, 6) is -0.641. The lowest BCUT2D eigenvalue weighted by Gasteiger charge is -2.13. The normalized spacial score (nSPS) is 11.7. The second-order valence-electron chi connectivity index (χ2n) is 4.62. The fourth-order valence-electron chi connectivity index (χ4n) is 1.75. The Hall–Kier alpha value is -1.98. The van der Waals surface area contributed by atoms with Crippen LogP contribution in [0.1, 0.15) is 17.3 Å². The summed E-state index contributed by atoms with van der Waals surface area (Å²) in [6, 6.07) is 13.8. The van der Waals surface area contributed by atoms with E-state index >= 15 is 0 Å². The van der Waals surface area contributed by atoms with Crippen LogP contribution in [-0.4, -0.2) is 17.1 Å². The van der Waals surface area contributed by atoms with Gasteiger partial charge in [-0.1, -0.05) is 23.7 Å². The second kappa shape index (κ2) is 7.33. The van der Waals surface area contributed by atoms with Crippen molar-refractivity contribution in [2.24, 2.45) is 5.73 Å². The predicted molar refractivity (Wildman–Crippen MR) is 90.4 cm³/mol. The third kappa shape index (κ3) is 4.26. The van der Waals surface area contributed by atoms with Crippen LogP contribution in [0.3, 0.4) is 0 Å². The van der Waals surface area contributed by atoms with Crippen molar-refractivity contribution in [3.05, 3.63) is 59.1 Å². The van der Waals surface area contributed by atoms with E-state index in [9.17, 15) is 9.59 Å². The summed E-state index contributed by atoms with van der Waals surface area (Å²) < 4.78 is 0. The van der Waals surface area contributed by atoms with Gasteiger partial charge < -0.3 is 11.1 Å². The molecule has 0 fully saturated rings. The number of benzene rings is 2. The van der Waals surface area contributed by atoms with E-state index in [4.69, 9.17) is 17.3 Å². The zero-order valence-electron chi connectivity index (χ0n) is 11.9. The van der Waals surface area contributed by atoms with E-state index in [2.05, 4.69) is 5.32 Å². The van der Waals surface area contributed by atoms with Crippen LogP contribution in [0.2, 0.25) is 5.02 Å². The number of hydrogen-bond acceptors (Lipinski definition) is 3. The highest BCUT2D eigenvalue weighted by molar-refractivity contribution is 8.00. The standard InChI is InChI=1S/C16H15ClN2O2S/c1-10(22-14-5-3-2-4-13(14)17)16(21)19-12-8-6-11(7-9-12)15(18)20/h2-10H,1H3,(H2,18,20)(H,19,21)/t10-/m1/s1. The molecule has 0 bridgehead atoms. The van der Waals surface area contributed by atoms with Crippen molar-refractivity contribution in [3.8, 4) is 0 Å². The fourth-order valence-corrected chi connectivity index (χ4v) is 2.90. The molecule has 0 aromatic heterocycles. The molecule has 0 aliphatic heterocycles. The lowest BCUT2D eigenvalue weighted by atomic mass is 10.2. The summed E-state index contributed by atoms with van der Waals surface area (Å²) in [6.07, 6.45) is 0. The summed E-state index contributed by atoms with van der Waals surface area (Å²) in [5, 5.41) is 3.11. The van der Waals surface area contributed by atoms with E-state index in [1.165, 1.54) is 11.8 Å². The third-order valence-electron chi connectivity index (χ3n) is 2.95. The van der Waals surface area contributed by atoms with Crippen molar-refractivity contribution >= 4 is 40.9 Å². The van der Waals surface area contributed by atoms with Crippen LogP contribution >= 0.6 is 23.4 Å². The monoisotopic (exact) mass is 334 g/mol. The summed E-state index contributed by atoms with van der Waals surface area (Å²) >= 11 is 7.47. The van der Waals surface area contributed by atoms with Crippen molar-refractivity contribution < 1.29 is 9.59 Å². The van der Waals surface area contributed by atoms with E-state index < -0.39 is 5.91 Å². The molecule has 1 atom stereocenters. The predicted octanol–water partition coefficient (Wildman–Crippen LogP) is 3.56. The number of primary amides is 1. The molecule has 114 valence electrons. The fraction of sp³-hybridized carbons (Fsp3) is 0.125. The number of nitrogens with two attached hydrogens (primary N) is 1. The van der Waals surface area contributed by atoms with Crippen molar-refractivity contribution in [3.63, 3.8) is 0 Å². The Labute approximate surface area is 138 Å². The first kappa shape index (κ1) is 16.4. The average molecular weight is 335 g/mol. The maximum atomic E-state index is 12.2. The lowest BCUT2D eigenvalue weighted by Crippen LogP contribution is -2.22. The van der Waals surface area contributed by atoms with Gasteiger partial charge in [-0.25, -0.2) is 0 Å². The zero-order chi connectivity index (χ0) is 16.1. The maximum Gasteiger partial charge on any atom is 0.248 e. The second-order valence-corrected chi connectivity index (χ2v) is 6.41. The smallest absolute Gasteiger partial charge is 0.248 e. The Kier molecular flexibility index (Phi) is 5.46. The molecule has 2 aromatic carbocycles. The highest BCUT2D eigenvalue weighted by Gasteiger charge is 2.16. The van der Waals surface area contributed by atoms with Gasteiger partial charge in [0.05, 0.1) is 10.3 Å². The Balaban J connectivity index is 1.99. The molecule has 0 unspecified atom stereocenters. The molecule has 0 heterocycles. The molecular weight excluding hydrogens is 320 g/mol. The van der Waals surface area contributed by atoms with Crippen LogP contribution in [0.4, 0.5) is 5.69 Å². The summed E-state index contributed by atoms with van der Waals surface area (Å²) in [5.41, 5.74) is 6.18. The van der Waals surface area contributed by atoms with Crippen LogP contribution in [0.15, 0.2) is 53.4 Å². The van der Waals surface area contributed by atoms with Crippen molar-refractivity contribution in [1.29, 1.82) is 0 Å². The molecule has 22 heavy (non-hydrogen) atoms. The first-order valence-electron chi connectivity index (χ1n) is 6.59. The Morgan fingerprint density at radius 3 is 2.36 bits per heavy atom. The molecule has 0 radical (unpaired) electrons. The molecule has 0 aliphatic carbocycles. The van der Waals surface area contributed by atoms with Gasteiger partial charge in [0.25, 0.3) is 0 Å². The number of thioether (sulfide) groups is 1. The molecule has 6 heteroatoms. The van der Waals surface area contributed by atoms with Crippen molar-refractivity contribution in [2.75, 3.05) is 5.32 Å². The molecule has 0 spiro atoms. The first-order valence-corrected chi connectivity index (χ1v) is 7.85. The number of carbonyl (C=O) groups excluding carboxylic acids is 2. The molecule has 0 saturated carbocycles. The summed E-state index contributed by atoms with van der Waals surface area (Å²) in [4.78, 5) is 24.0. The highest BCUT2D eigenvalue weighted by atomic mass is 35.5. The number of rotatable bonds is 5. The minimum Gasteiger partial charge on any atom is -0.366 e. The maximum absolute atomic E-state index is 12.2. The Morgan fingerprint density at radius 2 is 1.77 bits per heavy atom. The zero-order valence-corrected chi connectivity index (χ0v) is 13.4. The quantitative estimate of drug-likeness (QED) is 0.821. The van der Waals surface area contributed by atoms with E-state index in [0.717, 1.165) is 4.90 Å². The van der Waals surface area contributed by atoms with Crippen LogP contribution < -0.4 is 11.1 Å². The van der Waals surface area contributed by atoms with Crippen LogP contribution in [0, 0.1) is 0 Å². The number of halogens is 1. The van der Waals surface area contributed by atoms with Gasteiger partial charge in [-0.2, -0.15) is 0 Å². The van der Waals surface area contributed by atoms with E-state index in [1.807, 2.05) is 18.2 Å². The average Bonchev–Trinajstić information content (AvgIpc) is 2.50. The molecule has 2 aromatic rings. The number of anilines is 1. The van der Waals surface area contributed by atoms with Gasteiger partial charge in [0, 0.05) is 16.1 Å². The first-order chi connectivity index (χ1) is 10.5. The molecule has 3 N–H and O–H groups in total. The van der Waals surface area contributed by atoms with Gasteiger partial charge >= 0.3 is 0 Å². The van der Waals surface area contributed by atoms with Gasteiger partial charge in [-0.05, 0) is 43.3 Å². The lowest BCUT2D eigenvalue weighted by molar-refractivity contribution is -0.115.